The molecule has 8 aromatic rings. The van der Waals surface area contributed by atoms with Gasteiger partial charge in [0.15, 0.2) is 0 Å². The van der Waals surface area contributed by atoms with Crippen molar-refractivity contribution < 1.29 is 9.47 Å². The van der Waals surface area contributed by atoms with Gasteiger partial charge in [0.25, 0.3) is 0 Å². The first-order valence-electron chi connectivity index (χ1n) is 15.7. The fraction of sp³-hybridized carbons (Fsp3) is 0. The van der Waals surface area contributed by atoms with E-state index in [1.807, 2.05) is 109 Å². The Morgan fingerprint density at radius 1 is 0.260 bits per heavy atom. The normalized spacial score (nSPS) is 10.8. The van der Waals surface area contributed by atoms with E-state index in [0.29, 0.717) is 57.2 Å². The lowest BCUT2D eigenvalue weighted by atomic mass is 10.2. The number of nitrogens with zero attached hydrogens (tertiary/aromatic N) is 8. The predicted molar refractivity (Wildman–Crippen MR) is 189 cm³/mol. The molecule has 0 bridgehead atoms. The quantitative estimate of drug-likeness (QED) is 0.150. The molecule has 0 radical (unpaired) electrons. The van der Waals surface area contributed by atoms with E-state index in [1.165, 1.54) is 0 Å². The molecule has 50 heavy (non-hydrogen) atoms. The molecule has 0 unspecified atom stereocenters. The van der Waals surface area contributed by atoms with Crippen molar-refractivity contribution in [3.05, 3.63) is 159 Å². The standard InChI is InChI=1S/C40H26N8O2/c1-5-15-41-31(9-1)37-23-29(24-38(47-37)32-10-2-6-16-42-32)49-27-13-19-45-35(21-27)36-22-28(14-20-46-36)50-30-25-39(33-11-3-7-17-43-33)48-40(26-30)34-12-4-8-18-44-34/h1-26H. The Labute approximate surface area is 287 Å². The van der Waals surface area contributed by atoms with Gasteiger partial charge in [-0.05, 0) is 60.7 Å². The minimum absolute atomic E-state index is 0.572. The molecule has 238 valence electrons. The van der Waals surface area contributed by atoms with Crippen LogP contribution in [0.25, 0.3) is 56.9 Å². The summed E-state index contributed by atoms with van der Waals surface area (Å²) in [4.78, 5) is 36.7. The highest BCUT2D eigenvalue weighted by atomic mass is 16.5. The average Bonchev–Trinajstić information content (AvgIpc) is 3.19. The molecule has 0 spiro atoms. The lowest BCUT2D eigenvalue weighted by molar-refractivity contribution is 0.480. The number of ether oxygens (including phenoxy) is 2. The molecule has 0 saturated carbocycles. The Morgan fingerprint density at radius 2 is 0.560 bits per heavy atom. The number of aromatic nitrogens is 8. The van der Waals surface area contributed by atoms with E-state index in [-0.39, 0.29) is 0 Å². The molecule has 8 heterocycles. The number of rotatable bonds is 9. The lowest BCUT2D eigenvalue weighted by Gasteiger charge is -2.12. The molecule has 0 N–H and O–H groups in total. The number of hydrogen-bond donors (Lipinski definition) is 0. The topological polar surface area (TPSA) is 122 Å². The van der Waals surface area contributed by atoms with Gasteiger partial charge in [0.2, 0.25) is 0 Å². The maximum atomic E-state index is 6.39. The summed E-state index contributed by atoms with van der Waals surface area (Å²) in [6.45, 7) is 0. The van der Waals surface area contributed by atoms with Gasteiger partial charge in [0, 0.05) is 73.6 Å². The number of pyridine rings is 8. The molecule has 0 fully saturated rings. The van der Waals surface area contributed by atoms with Crippen molar-refractivity contribution in [1.29, 1.82) is 0 Å². The predicted octanol–water partition coefficient (Wildman–Crippen LogP) is 8.77. The second-order valence-electron chi connectivity index (χ2n) is 11.0. The minimum atomic E-state index is 0.572. The van der Waals surface area contributed by atoms with E-state index < -0.39 is 0 Å². The molecular weight excluding hydrogens is 624 g/mol. The van der Waals surface area contributed by atoms with Crippen LogP contribution in [0.2, 0.25) is 0 Å². The van der Waals surface area contributed by atoms with E-state index >= 15 is 0 Å². The zero-order chi connectivity index (χ0) is 33.5. The van der Waals surface area contributed by atoms with Crippen LogP contribution >= 0.6 is 0 Å². The highest BCUT2D eigenvalue weighted by Gasteiger charge is 2.14. The highest BCUT2D eigenvalue weighted by molar-refractivity contribution is 5.67. The third kappa shape index (κ3) is 6.90. The first-order valence-corrected chi connectivity index (χ1v) is 15.7. The van der Waals surface area contributed by atoms with Crippen LogP contribution in [-0.4, -0.2) is 39.9 Å². The van der Waals surface area contributed by atoms with E-state index in [1.54, 1.807) is 49.3 Å². The van der Waals surface area contributed by atoms with E-state index in [2.05, 4.69) is 29.9 Å². The van der Waals surface area contributed by atoms with Crippen LogP contribution in [0.1, 0.15) is 0 Å². The van der Waals surface area contributed by atoms with Crippen molar-refractivity contribution in [2.75, 3.05) is 0 Å². The molecule has 8 rings (SSSR count). The van der Waals surface area contributed by atoms with Gasteiger partial charge < -0.3 is 9.47 Å². The molecular formula is C40H26N8O2. The largest absolute Gasteiger partial charge is 0.457 e. The Bertz CT molecular complexity index is 2090. The van der Waals surface area contributed by atoms with Gasteiger partial charge in [0.1, 0.15) is 23.0 Å². The maximum absolute atomic E-state index is 6.39. The van der Waals surface area contributed by atoms with Crippen molar-refractivity contribution in [2.24, 2.45) is 0 Å². The molecule has 8 aromatic heterocycles. The Kier molecular flexibility index (Phi) is 8.37. The zero-order valence-electron chi connectivity index (χ0n) is 26.4. The van der Waals surface area contributed by atoms with Crippen LogP contribution in [0, 0.1) is 0 Å². The van der Waals surface area contributed by atoms with Crippen LogP contribution < -0.4 is 9.47 Å². The molecule has 0 aliphatic rings. The second kappa shape index (κ2) is 13.9. The van der Waals surface area contributed by atoms with Crippen molar-refractivity contribution in [1.82, 2.24) is 39.9 Å². The summed E-state index contributed by atoms with van der Waals surface area (Å²) in [7, 11) is 0. The summed E-state index contributed by atoms with van der Waals surface area (Å²) >= 11 is 0. The first-order chi connectivity index (χ1) is 24.7. The zero-order valence-corrected chi connectivity index (χ0v) is 26.4. The molecule has 0 atom stereocenters. The van der Waals surface area contributed by atoms with Gasteiger partial charge in [0.05, 0.1) is 56.9 Å². The third-order valence-electron chi connectivity index (χ3n) is 7.50. The molecule has 0 aliphatic carbocycles. The Morgan fingerprint density at radius 3 is 0.860 bits per heavy atom. The minimum Gasteiger partial charge on any atom is -0.457 e. The van der Waals surface area contributed by atoms with E-state index in [0.717, 1.165) is 22.8 Å². The van der Waals surface area contributed by atoms with Gasteiger partial charge >= 0.3 is 0 Å². The number of hydrogen-bond acceptors (Lipinski definition) is 10. The van der Waals surface area contributed by atoms with Crippen LogP contribution in [0.4, 0.5) is 0 Å². The van der Waals surface area contributed by atoms with Crippen molar-refractivity contribution in [3.63, 3.8) is 0 Å². The van der Waals surface area contributed by atoms with Gasteiger partial charge in [-0.25, -0.2) is 9.97 Å². The SMILES string of the molecule is c1ccc(-c2cc(Oc3ccnc(-c4cc(Oc5cc(-c6ccccn6)nc(-c6ccccn6)c5)ccn4)c3)cc(-c3ccccn3)n2)nc1. The summed E-state index contributed by atoms with van der Waals surface area (Å²) in [5, 5.41) is 0. The van der Waals surface area contributed by atoms with Crippen LogP contribution in [0.5, 0.6) is 23.0 Å². The Balaban J connectivity index is 1.09. The molecule has 0 amide bonds. The smallest absolute Gasteiger partial charge is 0.131 e. The lowest BCUT2D eigenvalue weighted by Crippen LogP contribution is -1.96. The molecule has 10 nitrogen and oxygen atoms in total. The fourth-order valence-electron chi connectivity index (χ4n) is 5.21. The monoisotopic (exact) mass is 650 g/mol. The van der Waals surface area contributed by atoms with Gasteiger partial charge in [-0.3, -0.25) is 29.9 Å². The fourth-order valence-corrected chi connectivity index (χ4v) is 5.21. The van der Waals surface area contributed by atoms with Gasteiger partial charge in [-0.2, -0.15) is 0 Å². The van der Waals surface area contributed by atoms with E-state index in [4.69, 9.17) is 19.4 Å². The van der Waals surface area contributed by atoms with Crippen LogP contribution in [-0.2, 0) is 0 Å². The van der Waals surface area contributed by atoms with E-state index in [9.17, 15) is 0 Å². The van der Waals surface area contributed by atoms with Crippen LogP contribution in [0.3, 0.4) is 0 Å². The van der Waals surface area contributed by atoms with Crippen LogP contribution in [0.15, 0.2) is 159 Å². The summed E-state index contributed by atoms with van der Waals surface area (Å²) in [5.41, 5.74) is 6.76. The summed E-state index contributed by atoms with van der Waals surface area (Å²) < 4.78 is 12.8. The van der Waals surface area contributed by atoms with Crippen molar-refractivity contribution in [3.8, 4) is 79.9 Å². The maximum Gasteiger partial charge on any atom is 0.131 e. The second-order valence-corrected chi connectivity index (χ2v) is 11.0. The van der Waals surface area contributed by atoms with Crippen molar-refractivity contribution >= 4 is 0 Å². The first kappa shape index (κ1) is 30.2. The van der Waals surface area contributed by atoms with Gasteiger partial charge in [-0.1, -0.05) is 24.3 Å². The molecule has 0 aliphatic heterocycles. The van der Waals surface area contributed by atoms with Crippen molar-refractivity contribution in [2.45, 2.75) is 0 Å². The average molecular weight is 651 g/mol. The molecule has 10 heteroatoms. The Hall–Kier alpha value is -7.20. The summed E-state index contributed by atoms with van der Waals surface area (Å²) in [5.74, 6) is 2.30. The highest BCUT2D eigenvalue weighted by Crippen LogP contribution is 2.33. The van der Waals surface area contributed by atoms with Gasteiger partial charge in [-0.15, -0.1) is 0 Å². The molecule has 0 saturated heterocycles. The third-order valence-corrected chi connectivity index (χ3v) is 7.50. The summed E-state index contributed by atoms with van der Waals surface area (Å²) in [6.07, 6.45) is 10.3. The summed E-state index contributed by atoms with van der Waals surface area (Å²) in [6, 6.07) is 37.5. The molecule has 0 aromatic carbocycles.